The van der Waals surface area contributed by atoms with Crippen molar-refractivity contribution >= 4 is 0 Å². The van der Waals surface area contributed by atoms with E-state index in [2.05, 4.69) is 55.3 Å². The summed E-state index contributed by atoms with van der Waals surface area (Å²) in [5.74, 6) is 0. The van der Waals surface area contributed by atoms with Gasteiger partial charge in [0.15, 0.2) is 0 Å². The summed E-state index contributed by atoms with van der Waals surface area (Å²) in [6.07, 6.45) is 0. The molecule has 1 saturated heterocycles. The first-order valence-electron chi connectivity index (χ1n) is 6.66. The molecule has 1 atom stereocenters. The molecule has 0 bridgehead atoms. The van der Waals surface area contributed by atoms with Gasteiger partial charge in [-0.2, -0.15) is 0 Å². The maximum atomic E-state index is 9.50. The van der Waals surface area contributed by atoms with E-state index in [9.17, 15) is 5.11 Å². The topological polar surface area (TPSA) is 35.5 Å². The molecule has 1 aliphatic rings. The van der Waals surface area contributed by atoms with Crippen LogP contribution in [0.25, 0.3) is 0 Å². The third-order valence-electron chi connectivity index (χ3n) is 3.78. The van der Waals surface area contributed by atoms with Crippen molar-refractivity contribution in [3.63, 3.8) is 0 Å². The van der Waals surface area contributed by atoms with Crippen molar-refractivity contribution in [3.05, 3.63) is 35.4 Å². The Morgan fingerprint density at radius 3 is 2.78 bits per heavy atom. The molecule has 0 radical (unpaired) electrons. The molecule has 0 amide bonds. The van der Waals surface area contributed by atoms with Gasteiger partial charge in [0, 0.05) is 31.2 Å². The second kappa shape index (κ2) is 5.39. The molecule has 1 aromatic rings. The van der Waals surface area contributed by atoms with Crippen LogP contribution in [0, 0.1) is 6.92 Å². The summed E-state index contributed by atoms with van der Waals surface area (Å²) in [6.45, 7) is 9.54. The van der Waals surface area contributed by atoms with E-state index < -0.39 is 0 Å². The Hall–Kier alpha value is -0.900. The van der Waals surface area contributed by atoms with Crippen molar-refractivity contribution in [2.24, 2.45) is 0 Å². The fourth-order valence-corrected chi connectivity index (χ4v) is 2.59. The molecule has 2 rings (SSSR count). The predicted molar refractivity (Wildman–Crippen MR) is 74.5 cm³/mol. The van der Waals surface area contributed by atoms with Crippen LogP contribution in [0.4, 0.5) is 0 Å². The van der Waals surface area contributed by atoms with Crippen LogP contribution < -0.4 is 5.32 Å². The first kappa shape index (κ1) is 13.5. The lowest BCUT2D eigenvalue weighted by Crippen LogP contribution is -2.62. The predicted octanol–water partition coefficient (Wildman–Crippen LogP) is 1.54. The average molecular weight is 248 g/mol. The van der Waals surface area contributed by atoms with Gasteiger partial charge < -0.3 is 10.4 Å². The summed E-state index contributed by atoms with van der Waals surface area (Å²) in [7, 11) is 0. The summed E-state index contributed by atoms with van der Waals surface area (Å²) in [5, 5.41) is 13.0. The molecule has 3 heteroatoms. The molecule has 1 fully saturated rings. The minimum absolute atomic E-state index is 0.119. The molecule has 1 aromatic carbocycles. The quantitative estimate of drug-likeness (QED) is 0.852. The maximum Gasteiger partial charge on any atom is 0.0599 e. The number of aliphatic hydroxyl groups excluding tert-OH is 1. The Morgan fingerprint density at radius 2 is 2.11 bits per heavy atom. The summed E-state index contributed by atoms with van der Waals surface area (Å²) in [4.78, 5) is 2.39. The fraction of sp³-hybridized carbons (Fsp3) is 0.600. The van der Waals surface area contributed by atoms with Crippen LogP contribution in [0.15, 0.2) is 24.3 Å². The number of hydrogen-bond acceptors (Lipinski definition) is 3. The van der Waals surface area contributed by atoms with E-state index in [1.807, 2.05) is 0 Å². The number of aryl methyl sites for hydroxylation is 1. The van der Waals surface area contributed by atoms with Crippen LogP contribution in [0.3, 0.4) is 0 Å². The zero-order valence-electron chi connectivity index (χ0n) is 11.6. The Bertz CT molecular complexity index is 403. The maximum absolute atomic E-state index is 9.50. The van der Waals surface area contributed by atoms with Gasteiger partial charge in [-0.1, -0.05) is 24.3 Å². The Labute approximate surface area is 110 Å². The van der Waals surface area contributed by atoms with Crippen molar-refractivity contribution in [1.82, 2.24) is 10.2 Å². The molecule has 1 heterocycles. The number of benzene rings is 1. The van der Waals surface area contributed by atoms with Crippen molar-refractivity contribution in [2.45, 2.75) is 38.9 Å². The molecule has 0 aromatic heterocycles. The molecule has 1 unspecified atom stereocenters. The van der Waals surface area contributed by atoms with Gasteiger partial charge >= 0.3 is 0 Å². The number of rotatable bonds is 3. The first-order valence-corrected chi connectivity index (χ1v) is 6.66. The van der Waals surface area contributed by atoms with Crippen LogP contribution in [0.5, 0.6) is 0 Å². The van der Waals surface area contributed by atoms with Gasteiger partial charge in [-0.25, -0.2) is 0 Å². The highest BCUT2D eigenvalue weighted by Gasteiger charge is 2.32. The number of hydrogen-bond donors (Lipinski definition) is 2. The van der Waals surface area contributed by atoms with Crippen LogP contribution >= 0.6 is 0 Å². The summed E-state index contributed by atoms with van der Waals surface area (Å²) >= 11 is 0. The highest BCUT2D eigenvalue weighted by Crippen LogP contribution is 2.19. The van der Waals surface area contributed by atoms with E-state index in [1.165, 1.54) is 11.1 Å². The van der Waals surface area contributed by atoms with Crippen LogP contribution in [0.1, 0.15) is 25.0 Å². The molecule has 0 saturated carbocycles. The van der Waals surface area contributed by atoms with E-state index in [0.717, 1.165) is 19.6 Å². The zero-order chi connectivity index (χ0) is 13.2. The lowest BCUT2D eigenvalue weighted by Gasteiger charge is -2.44. The van der Waals surface area contributed by atoms with Crippen LogP contribution in [-0.4, -0.2) is 41.3 Å². The molecule has 18 heavy (non-hydrogen) atoms. The Kier molecular flexibility index (Phi) is 4.05. The summed E-state index contributed by atoms with van der Waals surface area (Å²) in [6, 6.07) is 8.71. The first-order chi connectivity index (χ1) is 8.52. The van der Waals surface area contributed by atoms with Gasteiger partial charge in [-0.05, 0) is 31.9 Å². The standard InChI is InChI=1S/C15H24N2O/c1-12-6-4-5-7-13(12)9-17-11-15(2,3)16-8-14(17)10-18/h4-7,14,16,18H,8-11H2,1-3H3. The number of aliphatic hydroxyl groups is 1. The highest BCUT2D eigenvalue weighted by molar-refractivity contribution is 5.25. The van der Waals surface area contributed by atoms with E-state index in [0.29, 0.717) is 0 Å². The van der Waals surface area contributed by atoms with Crippen molar-refractivity contribution in [3.8, 4) is 0 Å². The van der Waals surface area contributed by atoms with E-state index >= 15 is 0 Å². The smallest absolute Gasteiger partial charge is 0.0599 e. The molecular formula is C15H24N2O. The summed E-state index contributed by atoms with van der Waals surface area (Å²) in [5.41, 5.74) is 2.80. The minimum atomic E-state index is 0.119. The Morgan fingerprint density at radius 1 is 1.39 bits per heavy atom. The van der Waals surface area contributed by atoms with Gasteiger partial charge in [0.25, 0.3) is 0 Å². The van der Waals surface area contributed by atoms with E-state index in [1.54, 1.807) is 0 Å². The van der Waals surface area contributed by atoms with Gasteiger partial charge in [0.2, 0.25) is 0 Å². The molecule has 0 spiro atoms. The lowest BCUT2D eigenvalue weighted by atomic mass is 9.97. The van der Waals surface area contributed by atoms with Crippen LogP contribution in [0.2, 0.25) is 0 Å². The highest BCUT2D eigenvalue weighted by atomic mass is 16.3. The third kappa shape index (κ3) is 3.10. The van der Waals surface area contributed by atoms with E-state index in [4.69, 9.17) is 0 Å². The fourth-order valence-electron chi connectivity index (χ4n) is 2.59. The number of piperazine rings is 1. The van der Waals surface area contributed by atoms with Gasteiger partial charge in [0.1, 0.15) is 0 Å². The largest absolute Gasteiger partial charge is 0.395 e. The lowest BCUT2D eigenvalue weighted by molar-refractivity contribution is 0.0512. The molecular weight excluding hydrogens is 224 g/mol. The SMILES string of the molecule is Cc1ccccc1CN1CC(C)(C)NCC1CO. The minimum Gasteiger partial charge on any atom is -0.395 e. The molecule has 100 valence electrons. The van der Waals surface area contributed by atoms with Gasteiger partial charge in [0.05, 0.1) is 6.61 Å². The number of nitrogens with zero attached hydrogens (tertiary/aromatic N) is 1. The monoisotopic (exact) mass is 248 g/mol. The van der Waals surface area contributed by atoms with Gasteiger partial charge in [-0.3, -0.25) is 4.90 Å². The molecule has 3 nitrogen and oxygen atoms in total. The second-order valence-corrected chi connectivity index (χ2v) is 5.93. The normalized spacial score (nSPS) is 24.1. The van der Waals surface area contributed by atoms with Crippen molar-refractivity contribution in [1.29, 1.82) is 0 Å². The average Bonchev–Trinajstić information content (AvgIpc) is 2.31. The van der Waals surface area contributed by atoms with Crippen molar-refractivity contribution < 1.29 is 5.11 Å². The molecule has 1 aliphatic heterocycles. The molecule has 0 aliphatic carbocycles. The van der Waals surface area contributed by atoms with Crippen molar-refractivity contribution in [2.75, 3.05) is 19.7 Å². The van der Waals surface area contributed by atoms with E-state index in [-0.39, 0.29) is 18.2 Å². The van der Waals surface area contributed by atoms with Crippen LogP contribution in [-0.2, 0) is 6.54 Å². The number of nitrogens with one attached hydrogen (secondary N) is 1. The molecule has 2 N–H and O–H groups in total. The summed E-state index contributed by atoms with van der Waals surface area (Å²) < 4.78 is 0. The second-order valence-electron chi connectivity index (χ2n) is 5.93. The zero-order valence-corrected chi connectivity index (χ0v) is 11.6. The Balaban J connectivity index is 2.12. The third-order valence-corrected chi connectivity index (χ3v) is 3.78. The van der Waals surface area contributed by atoms with Gasteiger partial charge in [-0.15, -0.1) is 0 Å².